The maximum atomic E-state index is 12.3. The van der Waals surface area contributed by atoms with Gasteiger partial charge in [-0.05, 0) is 39.2 Å². The first-order chi connectivity index (χ1) is 12.5. The highest BCUT2D eigenvalue weighted by atomic mass is 16.5. The average Bonchev–Trinajstić information content (AvgIpc) is 2.65. The van der Waals surface area contributed by atoms with Gasteiger partial charge in [0.2, 0.25) is 5.95 Å². The molecule has 0 spiro atoms. The Bertz CT molecular complexity index is 719. The third-order valence-corrected chi connectivity index (χ3v) is 3.62. The summed E-state index contributed by atoms with van der Waals surface area (Å²) in [6.45, 7) is 1.76. The number of carbonyl (C=O) groups excluding carboxylic acids is 1. The lowest BCUT2D eigenvalue weighted by molar-refractivity contribution is 0.102. The van der Waals surface area contributed by atoms with E-state index < -0.39 is 0 Å². The number of nitrogens with zero attached hydrogens (tertiary/aromatic N) is 3. The summed E-state index contributed by atoms with van der Waals surface area (Å²) in [5.74, 6) is 1.35. The number of carbonyl (C=O) groups is 1. The number of methoxy groups -OCH3 is 2. The normalized spacial score (nSPS) is 10.5. The lowest BCUT2D eigenvalue weighted by Gasteiger charge is -2.11. The van der Waals surface area contributed by atoms with E-state index in [9.17, 15) is 4.79 Å². The summed E-state index contributed by atoms with van der Waals surface area (Å²) >= 11 is 0. The molecule has 1 heterocycles. The summed E-state index contributed by atoms with van der Waals surface area (Å²) in [6.07, 6.45) is 3.98. The molecule has 0 fully saturated rings. The Kier molecular flexibility index (Phi) is 7.16. The van der Waals surface area contributed by atoms with E-state index in [1.807, 2.05) is 14.1 Å². The Hall–Kier alpha value is -2.87. The van der Waals surface area contributed by atoms with Gasteiger partial charge in [0.05, 0.1) is 19.8 Å². The summed E-state index contributed by atoms with van der Waals surface area (Å²) in [5, 5.41) is 5.92. The van der Waals surface area contributed by atoms with Crippen molar-refractivity contribution >= 4 is 17.5 Å². The zero-order valence-electron chi connectivity index (χ0n) is 15.6. The Labute approximate surface area is 153 Å². The van der Waals surface area contributed by atoms with Crippen molar-refractivity contribution in [2.75, 3.05) is 52.0 Å². The van der Waals surface area contributed by atoms with Gasteiger partial charge in [0, 0.05) is 30.7 Å². The van der Waals surface area contributed by atoms with Gasteiger partial charge in [-0.2, -0.15) is 0 Å². The van der Waals surface area contributed by atoms with Crippen molar-refractivity contribution in [2.45, 2.75) is 6.42 Å². The number of hydrogen-bond donors (Lipinski definition) is 2. The maximum absolute atomic E-state index is 12.3. The SMILES string of the molecule is COc1ccc(NC(=O)c2cnc(NCCCN(C)C)nc2)cc1OC. The van der Waals surface area contributed by atoms with E-state index in [0.29, 0.717) is 28.7 Å². The number of aromatic nitrogens is 2. The van der Waals surface area contributed by atoms with Crippen LogP contribution in [0.5, 0.6) is 11.5 Å². The first kappa shape index (κ1) is 19.5. The van der Waals surface area contributed by atoms with Gasteiger partial charge in [-0.1, -0.05) is 0 Å². The number of hydrogen-bond acceptors (Lipinski definition) is 7. The monoisotopic (exact) mass is 359 g/mol. The molecule has 140 valence electrons. The average molecular weight is 359 g/mol. The number of amides is 1. The Balaban J connectivity index is 1.93. The van der Waals surface area contributed by atoms with Crippen LogP contribution in [0, 0.1) is 0 Å². The molecule has 0 atom stereocenters. The Morgan fingerprint density at radius 3 is 2.42 bits per heavy atom. The Morgan fingerprint density at radius 2 is 1.81 bits per heavy atom. The highest BCUT2D eigenvalue weighted by molar-refractivity contribution is 6.04. The van der Waals surface area contributed by atoms with Crippen LogP contribution in [0.1, 0.15) is 16.8 Å². The van der Waals surface area contributed by atoms with Crippen molar-refractivity contribution in [3.05, 3.63) is 36.2 Å². The first-order valence-electron chi connectivity index (χ1n) is 8.27. The minimum absolute atomic E-state index is 0.295. The molecule has 8 nitrogen and oxygen atoms in total. The molecule has 0 saturated carbocycles. The summed E-state index contributed by atoms with van der Waals surface area (Å²) in [4.78, 5) is 22.8. The van der Waals surface area contributed by atoms with Gasteiger partial charge in [-0.15, -0.1) is 0 Å². The fraction of sp³-hybridized carbons (Fsp3) is 0.389. The molecule has 0 saturated heterocycles. The molecule has 0 unspecified atom stereocenters. The largest absolute Gasteiger partial charge is 0.493 e. The topological polar surface area (TPSA) is 88.6 Å². The molecule has 0 aliphatic heterocycles. The summed E-state index contributed by atoms with van der Waals surface area (Å²) in [6, 6.07) is 5.16. The van der Waals surface area contributed by atoms with Crippen LogP contribution in [-0.4, -0.2) is 62.2 Å². The molecule has 2 rings (SSSR count). The number of anilines is 2. The van der Waals surface area contributed by atoms with Crippen LogP contribution in [0.25, 0.3) is 0 Å². The number of rotatable bonds is 9. The van der Waals surface area contributed by atoms with Crippen LogP contribution < -0.4 is 20.1 Å². The lowest BCUT2D eigenvalue weighted by Crippen LogP contribution is -2.17. The second-order valence-electron chi connectivity index (χ2n) is 5.90. The van der Waals surface area contributed by atoms with Crippen LogP contribution in [0.2, 0.25) is 0 Å². The summed E-state index contributed by atoms with van der Waals surface area (Å²) < 4.78 is 10.4. The van der Waals surface area contributed by atoms with E-state index in [-0.39, 0.29) is 5.91 Å². The van der Waals surface area contributed by atoms with Gasteiger partial charge >= 0.3 is 0 Å². The molecule has 1 aromatic heterocycles. The molecule has 1 amide bonds. The molecule has 0 aliphatic carbocycles. The van der Waals surface area contributed by atoms with E-state index in [0.717, 1.165) is 19.5 Å². The molecule has 2 N–H and O–H groups in total. The van der Waals surface area contributed by atoms with Crippen molar-refractivity contribution in [3.8, 4) is 11.5 Å². The molecule has 0 aliphatic rings. The zero-order valence-corrected chi connectivity index (χ0v) is 15.6. The van der Waals surface area contributed by atoms with Gasteiger partial charge in [0.1, 0.15) is 0 Å². The van der Waals surface area contributed by atoms with Gasteiger partial charge in [-0.3, -0.25) is 4.79 Å². The van der Waals surface area contributed by atoms with E-state index in [4.69, 9.17) is 9.47 Å². The molecule has 0 radical (unpaired) electrons. The van der Waals surface area contributed by atoms with Crippen LogP contribution in [0.15, 0.2) is 30.6 Å². The Morgan fingerprint density at radius 1 is 1.12 bits per heavy atom. The standard InChI is InChI=1S/C18H25N5O3/c1-23(2)9-5-8-19-18-20-11-13(12-21-18)17(24)22-14-6-7-15(25-3)16(10-14)26-4/h6-7,10-12H,5,8-9H2,1-4H3,(H,22,24)(H,19,20,21). The van der Waals surface area contributed by atoms with Gasteiger partial charge < -0.3 is 25.0 Å². The minimum atomic E-state index is -0.295. The lowest BCUT2D eigenvalue weighted by atomic mass is 10.2. The number of benzene rings is 1. The second-order valence-corrected chi connectivity index (χ2v) is 5.90. The van der Waals surface area contributed by atoms with Gasteiger partial charge in [0.15, 0.2) is 11.5 Å². The minimum Gasteiger partial charge on any atom is -0.493 e. The molecule has 8 heteroatoms. The molecular formula is C18H25N5O3. The highest BCUT2D eigenvalue weighted by Crippen LogP contribution is 2.29. The van der Waals surface area contributed by atoms with E-state index in [1.165, 1.54) is 12.4 Å². The smallest absolute Gasteiger partial charge is 0.258 e. The predicted octanol–water partition coefficient (Wildman–Crippen LogP) is 2.11. The van der Waals surface area contributed by atoms with E-state index in [1.54, 1.807) is 32.4 Å². The fourth-order valence-corrected chi connectivity index (χ4v) is 2.25. The van der Waals surface area contributed by atoms with Gasteiger partial charge in [-0.25, -0.2) is 9.97 Å². The summed E-state index contributed by atoms with van der Waals surface area (Å²) in [5.41, 5.74) is 0.970. The quantitative estimate of drug-likeness (QED) is 0.663. The van der Waals surface area contributed by atoms with Gasteiger partial charge in [0.25, 0.3) is 5.91 Å². The molecule has 2 aromatic rings. The number of nitrogens with one attached hydrogen (secondary N) is 2. The predicted molar refractivity (Wildman–Crippen MR) is 101 cm³/mol. The van der Waals surface area contributed by atoms with Crippen molar-refractivity contribution in [1.82, 2.24) is 14.9 Å². The molecule has 26 heavy (non-hydrogen) atoms. The maximum Gasteiger partial charge on any atom is 0.258 e. The summed E-state index contributed by atoms with van der Waals surface area (Å²) in [7, 11) is 7.16. The third kappa shape index (κ3) is 5.59. The first-order valence-corrected chi connectivity index (χ1v) is 8.27. The van der Waals surface area contributed by atoms with Crippen molar-refractivity contribution in [2.24, 2.45) is 0 Å². The van der Waals surface area contributed by atoms with E-state index in [2.05, 4.69) is 25.5 Å². The van der Waals surface area contributed by atoms with Crippen LogP contribution in [0.4, 0.5) is 11.6 Å². The van der Waals surface area contributed by atoms with Crippen molar-refractivity contribution < 1.29 is 14.3 Å². The number of ether oxygens (including phenoxy) is 2. The van der Waals surface area contributed by atoms with Crippen molar-refractivity contribution in [3.63, 3.8) is 0 Å². The van der Waals surface area contributed by atoms with E-state index >= 15 is 0 Å². The third-order valence-electron chi connectivity index (χ3n) is 3.62. The molecule has 1 aromatic carbocycles. The zero-order chi connectivity index (χ0) is 18.9. The fourth-order valence-electron chi connectivity index (χ4n) is 2.25. The molecule has 0 bridgehead atoms. The van der Waals surface area contributed by atoms with Crippen LogP contribution in [-0.2, 0) is 0 Å². The van der Waals surface area contributed by atoms with Crippen molar-refractivity contribution in [1.29, 1.82) is 0 Å². The molecular weight excluding hydrogens is 334 g/mol. The van der Waals surface area contributed by atoms with Crippen LogP contribution >= 0.6 is 0 Å². The highest BCUT2D eigenvalue weighted by Gasteiger charge is 2.10. The second kappa shape index (κ2) is 9.57. The van der Waals surface area contributed by atoms with Crippen LogP contribution in [0.3, 0.4) is 0 Å².